The van der Waals surface area contributed by atoms with E-state index in [1.165, 1.54) is 18.2 Å². The van der Waals surface area contributed by atoms with Gasteiger partial charge in [0.1, 0.15) is 11.6 Å². The SMILES string of the molecule is CC(=O)N1CCN(c2ccc(OC(=O)c3ccccc3F)cc2)CC1. The normalized spacial score (nSPS) is 14.3. The van der Waals surface area contributed by atoms with Crippen molar-refractivity contribution in [2.24, 2.45) is 0 Å². The standard InChI is InChI=1S/C19H19FN2O3/c1-14(23)21-10-12-22(13-11-21)15-6-8-16(9-7-15)25-19(24)17-4-2-3-5-18(17)20/h2-9H,10-13H2,1H3. The minimum absolute atomic E-state index is 0.0908. The highest BCUT2D eigenvalue weighted by Crippen LogP contribution is 2.22. The molecule has 1 heterocycles. The summed E-state index contributed by atoms with van der Waals surface area (Å²) in [6, 6.07) is 12.8. The van der Waals surface area contributed by atoms with Gasteiger partial charge in [-0.3, -0.25) is 4.79 Å². The molecule has 6 heteroatoms. The van der Waals surface area contributed by atoms with E-state index < -0.39 is 11.8 Å². The van der Waals surface area contributed by atoms with Crippen molar-refractivity contribution in [1.29, 1.82) is 0 Å². The summed E-state index contributed by atoms with van der Waals surface area (Å²) in [6.07, 6.45) is 0. The summed E-state index contributed by atoms with van der Waals surface area (Å²) in [6.45, 7) is 4.48. The molecule has 0 unspecified atom stereocenters. The van der Waals surface area contributed by atoms with Gasteiger partial charge in [0.15, 0.2) is 0 Å². The van der Waals surface area contributed by atoms with E-state index in [0.29, 0.717) is 18.8 Å². The van der Waals surface area contributed by atoms with E-state index in [2.05, 4.69) is 4.90 Å². The van der Waals surface area contributed by atoms with E-state index >= 15 is 0 Å². The molecular weight excluding hydrogens is 323 g/mol. The second kappa shape index (κ2) is 7.34. The molecule has 1 aliphatic heterocycles. The molecule has 0 bridgehead atoms. The van der Waals surface area contributed by atoms with Crippen LogP contribution in [0.15, 0.2) is 48.5 Å². The van der Waals surface area contributed by atoms with E-state index in [0.717, 1.165) is 18.8 Å². The van der Waals surface area contributed by atoms with Crippen molar-refractivity contribution in [3.8, 4) is 5.75 Å². The number of anilines is 1. The summed E-state index contributed by atoms with van der Waals surface area (Å²) in [5, 5.41) is 0. The molecule has 2 aromatic carbocycles. The summed E-state index contributed by atoms with van der Waals surface area (Å²) in [4.78, 5) is 27.4. The lowest BCUT2D eigenvalue weighted by molar-refractivity contribution is -0.129. The van der Waals surface area contributed by atoms with Crippen LogP contribution in [0.25, 0.3) is 0 Å². The molecule has 1 aliphatic rings. The quantitative estimate of drug-likeness (QED) is 0.636. The molecule has 0 aliphatic carbocycles. The Morgan fingerprint density at radius 1 is 0.960 bits per heavy atom. The Morgan fingerprint density at radius 2 is 1.60 bits per heavy atom. The van der Waals surface area contributed by atoms with Crippen LogP contribution in [0.1, 0.15) is 17.3 Å². The summed E-state index contributed by atoms with van der Waals surface area (Å²) in [7, 11) is 0. The first kappa shape index (κ1) is 17.0. The molecule has 1 fully saturated rings. The van der Waals surface area contributed by atoms with Gasteiger partial charge in [-0.15, -0.1) is 0 Å². The molecule has 0 N–H and O–H groups in total. The topological polar surface area (TPSA) is 49.9 Å². The minimum atomic E-state index is -0.721. The van der Waals surface area contributed by atoms with Gasteiger partial charge in [-0.1, -0.05) is 12.1 Å². The Labute approximate surface area is 145 Å². The number of piperazine rings is 1. The van der Waals surface area contributed by atoms with Crippen molar-refractivity contribution in [2.45, 2.75) is 6.92 Å². The van der Waals surface area contributed by atoms with Gasteiger partial charge in [0.05, 0.1) is 5.56 Å². The molecule has 2 aromatic rings. The number of esters is 1. The Balaban J connectivity index is 1.62. The number of hydrogen-bond acceptors (Lipinski definition) is 4. The van der Waals surface area contributed by atoms with Crippen molar-refractivity contribution >= 4 is 17.6 Å². The molecule has 0 atom stereocenters. The molecule has 5 nitrogen and oxygen atoms in total. The van der Waals surface area contributed by atoms with Crippen LogP contribution in [0.3, 0.4) is 0 Å². The smallest absolute Gasteiger partial charge is 0.346 e. The lowest BCUT2D eigenvalue weighted by Crippen LogP contribution is -2.48. The van der Waals surface area contributed by atoms with Gasteiger partial charge < -0.3 is 14.5 Å². The number of nitrogens with zero attached hydrogens (tertiary/aromatic N) is 2. The molecule has 3 rings (SSSR count). The Hall–Kier alpha value is -2.89. The summed E-state index contributed by atoms with van der Waals surface area (Å²) in [5.41, 5.74) is 0.904. The lowest BCUT2D eigenvalue weighted by Gasteiger charge is -2.35. The van der Waals surface area contributed by atoms with Crippen molar-refractivity contribution in [3.63, 3.8) is 0 Å². The van der Waals surface area contributed by atoms with Crippen LogP contribution in [-0.4, -0.2) is 43.0 Å². The van der Waals surface area contributed by atoms with E-state index in [1.807, 2.05) is 17.0 Å². The van der Waals surface area contributed by atoms with Gasteiger partial charge in [-0.25, -0.2) is 9.18 Å². The third-order valence-electron chi connectivity index (χ3n) is 4.23. The number of ether oxygens (including phenoxy) is 1. The number of rotatable bonds is 3. The Morgan fingerprint density at radius 3 is 2.20 bits per heavy atom. The zero-order valence-corrected chi connectivity index (χ0v) is 13.9. The summed E-state index contributed by atoms with van der Waals surface area (Å²) < 4.78 is 18.8. The Kier molecular flexibility index (Phi) is 4.97. The van der Waals surface area contributed by atoms with E-state index in [9.17, 15) is 14.0 Å². The maximum absolute atomic E-state index is 13.6. The summed E-state index contributed by atoms with van der Waals surface area (Å²) >= 11 is 0. The van der Waals surface area contributed by atoms with Gasteiger partial charge in [0.2, 0.25) is 5.91 Å². The fourth-order valence-electron chi connectivity index (χ4n) is 2.79. The molecular formula is C19H19FN2O3. The van der Waals surface area contributed by atoms with Crippen LogP contribution in [0.2, 0.25) is 0 Å². The van der Waals surface area contributed by atoms with E-state index in [4.69, 9.17) is 4.74 Å². The number of hydrogen-bond donors (Lipinski definition) is 0. The molecule has 0 saturated carbocycles. The highest BCUT2D eigenvalue weighted by atomic mass is 19.1. The second-order valence-corrected chi connectivity index (χ2v) is 5.86. The van der Waals surface area contributed by atoms with Crippen LogP contribution < -0.4 is 9.64 Å². The predicted molar refractivity (Wildman–Crippen MR) is 92.3 cm³/mol. The van der Waals surface area contributed by atoms with Crippen molar-refractivity contribution in [1.82, 2.24) is 4.90 Å². The maximum atomic E-state index is 13.6. The highest BCUT2D eigenvalue weighted by molar-refractivity contribution is 5.91. The zero-order valence-electron chi connectivity index (χ0n) is 13.9. The predicted octanol–water partition coefficient (Wildman–Crippen LogP) is 2.71. The van der Waals surface area contributed by atoms with Crippen LogP contribution >= 0.6 is 0 Å². The number of halogens is 1. The zero-order chi connectivity index (χ0) is 17.8. The number of benzene rings is 2. The molecule has 130 valence electrons. The van der Waals surface area contributed by atoms with Gasteiger partial charge in [0.25, 0.3) is 0 Å². The van der Waals surface area contributed by atoms with Crippen LogP contribution in [0.4, 0.5) is 10.1 Å². The average Bonchev–Trinajstić information content (AvgIpc) is 2.63. The van der Waals surface area contributed by atoms with Crippen LogP contribution in [-0.2, 0) is 4.79 Å². The first-order valence-corrected chi connectivity index (χ1v) is 8.12. The molecule has 1 amide bonds. The van der Waals surface area contributed by atoms with Crippen LogP contribution in [0, 0.1) is 5.82 Å². The Bertz CT molecular complexity index is 768. The average molecular weight is 342 g/mol. The second-order valence-electron chi connectivity index (χ2n) is 5.86. The first-order chi connectivity index (χ1) is 12.0. The first-order valence-electron chi connectivity index (χ1n) is 8.12. The fourth-order valence-corrected chi connectivity index (χ4v) is 2.79. The largest absolute Gasteiger partial charge is 0.423 e. The third kappa shape index (κ3) is 3.96. The molecule has 0 spiro atoms. The van der Waals surface area contributed by atoms with E-state index in [-0.39, 0.29) is 11.5 Å². The van der Waals surface area contributed by atoms with Gasteiger partial charge in [0, 0.05) is 38.8 Å². The molecule has 1 saturated heterocycles. The van der Waals surface area contributed by atoms with Crippen LogP contribution in [0.5, 0.6) is 5.75 Å². The molecule has 0 radical (unpaired) electrons. The third-order valence-corrected chi connectivity index (χ3v) is 4.23. The fraction of sp³-hybridized carbons (Fsp3) is 0.263. The van der Waals surface area contributed by atoms with Crippen molar-refractivity contribution < 1.29 is 18.7 Å². The van der Waals surface area contributed by atoms with Crippen molar-refractivity contribution in [3.05, 3.63) is 59.9 Å². The number of carbonyl (C=O) groups excluding carboxylic acids is 2. The minimum Gasteiger partial charge on any atom is -0.423 e. The number of amides is 1. The van der Waals surface area contributed by atoms with E-state index in [1.54, 1.807) is 25.1 Å². The molecule has 25 heavy (non-hydrogen) atoms. The van der Waals surface area contributed by atoms with Gasteiger partial charge >= 0.3 is 5.97 Å². The summed E-state index contributed by atoms with van der Waals surface area (Å²) in [5.74, 6) is -0.872. The highest BCUT2D eigenvalue weighted by Gasteiger charge is 2.19. The van der Waals surface area contributed by atoms with Gasteiger partial charge in [-0.05, 0) is 36.4 Å². The monoisotopic (exact) mass is 342 g/mol. The van der Waals surface area contributed by atoms with Gasteiger partial charge in [-0.2, -0.15) is 0 Å². The van der Waals surface area contributed by atoms with Crippen molar-refractivity contribution in [2.75, 3.05) is 31.1 Å². The molecule has 0 aromatic heterocycles. The maximum Gasteiger partial charge on any atom is 0.346 e. The number of carbonyl (C=O) groups is 2. The lowest BCUT2D eigenvalue weighted by atomic mass is 10.2.